The lowest BCUT2D eigenvalue weighted by Gasteiger charge is -2.10. The fourth-order valence-corrected chi connectivity index (χ4v) is 4.22. The Hall–Kier alpha value is -3.91. The molecule has 4 aromatic rings. The van der Waals surface area contributed by atoms with Gasteiger partial charge in [0.2, 0.25) is 0 Å². The van der Waals surface area contributed by atoms with Crippen molar-refractivity contribution in [2.24, 2.45) is 0 Å². The first-order valence-corrected chi connectivity index (χ1v) is 10.5. The molecule has 0 unspecified atom stereocenters. The molecule has 0 saturated heterocycles. The highest BCUT2D eigenvalue weighted by molar-refractivity contribution is 7.92. The van der Waals surface area contributed by atoms with Crippen molar-refractivity contribution in [3.63, 3.8) is 0 Å². The van der Waals surface area contributed by atoms with E-state index in [0.717, 1.165) is 0 Å². The third-order valence-corrected chi connectivity index (χ3v) is 5.90. The molecule has 0 atom stereocenters. The predicted molar refractivity (Wildman–Crippen MR) is 115 cm³/mol. The highest BCUT2D eigenvalue weighted by atomic mass is 32.2. The Morgan fingerprint density at radius 2 is 1.67 bits per heavy atom. The number of anilines is 1. The first-order chi connectivity index (χ1) is 14.5. The van der Waals surface area contributed by atoms with E-state index < -0.39 is 16.0 Å². The molecule has 0 fully saturated rings. The van der Waals surface area contributed by atoms with Crippen LogP contribution >= 0.6 is 0 Å². The normalized spacial score (nSPS) is 12.1. The monoisotopic (exact) mass is 419 g/mol. The lowest BCUT2D eigenvalue weighted by Crippen LogP contribution is -2.13. The minimum absolute atomic E-state index is 0.0808. The summed E-state index contributed by atoms with van der Waals surface area (Å²) < 4.78 is 28.1. The average Bonchev–Trinajstić information content (AvgIpc) is 3.17. The second kappa shape index (κ2) is 7.84. The van der Waals surface area contributed by atoms with Gasteiger partial charge in [0.1, 0.15) is 5.65 Å². The van der Waals surface area contributed by atoms with E-state index in [2.05, 4.69) is 14.7 Å². The van der Waals surface area contributed by atoms with Gasteiger partial charge in [-0.05, 0) is 29.8 Å². The molecule has 7 nitrogen and oxygen atoms in total. The summed E-state index contributed by atoms with van der Waals surface area (Å²) >= 11 is 0. The Kier molecular flexibility index (Phi) is 5.07. The number of aromatic nitrogens is 2. The third-order valence-electron chi connectivity index (χ3n) is 4.52. The van der Waals surface area contributed by atoms with Crippen LogP contribution in [-0.2, 0) is 14.8 Å². The van der Waals surface area contributed by atoms with Crippen molar-refractivity contribution in [2.75, 3.05) is 4.72 Å². The number of sulfonamides is 1. The number of H-pyrrole nitrogens is 1. The number of fused-ring (bicyclic) bond motifs is 1. The summed E-state index contributed by atoms with van der Waals surface area (Å²) in [6.45, 7) is 0. The number of aromatic amines is 1. The second-order valence-electron chi connectivity index (χ2n) is 6.47. The van der Waals surface area contributed by atoms with Gasteiger partial charge in [0, 0.05) is 18.0 Å². The maximum atomic E-state index is 12.8. The summed E-state index contributed by atoms with van der Waals surface area (Å²) in [5.74, 6) is -1.09. The van der Waals surface area contributed by atoms with Crippen LogP contribution in [0.25, 0.3) is 22.7 Å². The average molecular weight is 419 g/mol. The SMILES string of the molecule is O=C(O)C(=Cc1c[nH]c2nccc(NS(=O)(=O)c3ccccc3)c12)c1ccccc1. The molecule has 2 aromatic heterocycles. The van der Waals surface area contributed by atoms with Crippen molar-refractivity contribution in [1.82, 2.24) is 9.97 Å². The Balaban J connectivity index is 1.83. The maximum absolute atomic E-state index is 12.8. The Morgan fingerprint density at radius 1 is 1.00 bits per heavy atom. The third kappa shape index (κ3) is 3.81. The first-order valence-electron chi connectivity index (χ1n) is 9.00. The number of benzene rings is 2. The van der Waals surface area contributed by atoms with Crippen molar-refractivity contribution in [3.05, 3.63) is 90.3 Å². The minimum atomic E-state index is -3.83. The number of carbonyl (C=O) groups is 1. The van der Waals surface area contributed by atoms with Gasteiger partial charge in [-0.15, -0.1) is 0 Å². The summed E-state index contributed by atoms with van der Waals surface area (Å²) in [6, 6.07) is 18.2. The van der Waals surface area contributed by atoms with Crippen molar-refractivity contribution in [1.29, 1.82) is 0 Å². The lowest BCUT2D eigenvalue weighted by atomic mass is 10.0. The number of nitrogens with zero attached hydrogens (tertiary/aromatic N) is 1. The fourth-order valence-electron chi connectivity index (χ4n) is 3.13. The molecule has 8 heteroatoms. The molecule has 0 spiro atoms. The molecule has 4 rings (SSSR count). The maximum Gasteiger partial charge on any atom is 0.336 e. The Labute approximate surface area is 172 Å². The molecule has 3 N–H and O–H groups in total. The summed E-state index contributed by atoms with van der Waals surface area (Å²) in [4.78, 5) is 19.2. The molecule has 0 aliphatic heterocycles. The zero-order valence-electron chi connectivity index (χ0n) is 15.6. The van der Waals surface area contributed by atoms with Gasteiger partial charge in [-0.1, -0.05) is 48.5 Å². The van der Waals surface area contributed by atoms with Gasteiger partial charge in [-0.2, -0.15) is 0 Å². The van der Waals surface area contributed by atoms with E-state index in [0.29, 0.717) is 27.8 Å². The minimum Gasteiger partial charge on any atom is -0.478 e. The van der Waals surface area contributed by atoms with Crippen LogP contribution in [0.5, 0.6) is 0 Å². The Bertz CT molecular complexity index is 1350. The summed E-state index contributed by atoms with van der Waals surface area (Å²) in [5, 5.41) is 10.2. The topological polar surface area (TPSA) is 112 Å². The number of aliphatic carboxylic acids is 1. The van der Waals surface area contributed by atoms with Crippen molar-refractivity contribution in [2.45, 2.75) is 4.90 Å². The van der Waals surface area contributed by atoms with Crippen LogP contribution in [0.15, 0.2) is 84.0 Å². The van der Waals surface area contributed by atoms with Gasteiger partial charge in [0.05, 0.1) is 21.5 Å². The van der Waals surface area contributed by atoms with Crippen molar-refractivity contribution < 1.29 is 18.3 Å². The zero-order valence-corrected chi connectivity index (χ0v) is 16.4. The van der Waals surface area contributed by atoms with Gasteiger partial charge < -0.3 is 10.1 Å². The van der Waals surface area contributed by atoms with Crippen molar-refractivity contribution in [3.8, 4) is 0 Å². The van der Waals surface area contributed by atoms with Gasteiger partial charge in [-0.3, -0.25) is 4.72 Å². The number of carboxylic acid groups (broad SMARTS) is 1. The van der Waals surface area contributed by atoms with Gasteiger partial charge in [0.15, 0.2) is 0 Å². The van der Waals surface area contributed by atoms with Crippen LogP contribution in [-0.4, -0.2) is 29.5 Å². The molecule has 0 aliphatic rings. The molecular formula is C22H17N3O4S. The highest BCUT2D eigenvalue weighted by Gasteiger charge is 2.18. The van der Waals surface area contributed by atoms with Crippen LogP contribution in [0.4, 0.5) is 5.69 Å². The Morgan fingerprint density at radius 3 is 2.33 bits per heavy atom. The van der Waals surface area contributed by atoms with Crippen LogP contribution in [0, 0.1) is 0 Å². The number of hydrogen-bond donors (Lipinski definition) is 3. The van der Waals surface area contributed by atoms with E-state index in [9.17, 15) is 18.3 Å². The highest BCUT2D eigenvalue weighted by Crippen LogP contribution is 2.30. The summed E-state index contributed by atoms with van der Waals surface area (Å²) in [7, 11) is -3.83. The van der Waals surface area contributed by atoms with Gasteiger partial charge in [-0.25, -0.2) is 18.2 Å². The predicted octanol–water partition coefficient (Wildman–Crippen LogP) is 3.99. The van der Waals surface area contributed by atoms with E-state index in [1.54, 1.807) is 54.7 Å². The summed E-state index contributed by atoms with van der Waals surface area (Å²) in [5.41, 5.74) is 1.86. The smallest absolute Gasteiger partial charge is 0.336 e. The van der Waals surface area contributed by atoms with Crippen LogP contribution in [0.3, 0.4) is 0 Å². The van der Waals surface area contributed by atoms with E-state index >= 15 is 0 Å². The quantitative estimate of drug-likeness (QED) is 0.409. The second-order valence-corrected chi connectivity index (χ2v) is 8.16. The van der Waals surface area contributed by atoms with Crippen molar-refractivity contribution >= 4 is 44.4 Å². The molecule has 0 radical (unpaired) electrons. The largest absolute Gasteiger partial charge is 0.478 e. The number of hydrogen-bond acceptors (Lipinski definition) is 4. The van der Waals surface area contributed by atoms with Gasteiger partial charge in [0.25, 0.3) is 10.0 Å². The van der Waals surface area contributed by atoms with E-state index in [1.165, 1.54) is 30.5 Å². The molecule has 0 aliphatic carbocycles. The molecule has 2 aromatic carbocycles. The molecule has 150 valence electrons. The van der Waals surface area contributed by atoms with Crippen LogP contribution in [0.1, 0.15) is 11.1 Å². The standard InChI is InChI=1S/C22H17N3O4S/c26-22(27)18(15-7-3-1-4-8-15)13-16-14-24-21-20(16)19(11-12-23-21)25-30(28,29)17-9-5-2-6-10-17/h1-14H,(H,26,27)(H2,23,24,25). The molecular weight excluding hydrogens is 402 g/mol. The molecule has 0 saturated carbocycles. The van der Waals surface area contributed by atoms with E-state index in [4.69, 9.17) is 0 Å². The number of nitrogens with one attached hydrogen (secondary N) is 2. The lowest BCUT2D eigenvalue weighted by molar-refractivity contribution is -0.130. The first kappa shape index (κ1) is 19.4. The number of carboxylic acids is 1. The molecule has 2 heterocycles. The summed E-state index contributed by atoms with van der Waals surface area (Å²) in [6.07, 6.45) is 4.58. The van der Waals surface area contributed by atoms with E-state index in [-0.39, 0.29) is 10.5 Å². The molecule has 30 heavy (non-hydrogen) atoms. The molecule has 0 amide bonds. The zero-order chi connectivity index (χ0) is 21.1. The van der Waals surface area contributed by atoms with E-state index in [1.807, 2.05) is 0 Å². The molecule has 0 bridgehead atoms. The fraction of sp³-hybridized carbons (Fsp3) is 0. The number of pyridine rings is 1. The number of rotatable bonds is 6. The van der Waals surface area contributed by atoms with Crippen LogP contribution < -0.4 is 4.72 Å². The van der Waals surface area contributed by atoms with Gasteiger partial charge >= 0.3 is 5.97 Å². The van der Waals surface area contributed by atoms with Crippen LogP contribution in [0.2, 0.25) is 0 Å².